The van der Waals surface area contributed by atoms with Crippen LogP contribution in [0.25, 0.3) is 64.4 Å². The summed E-state index contributed by atoms with van der Waals surface area (Å²) in [5, 5.41) is 5.06. The second-order valence-corrected chi connectivity index (χ2v) is 12.0. The molecule has 0 radical (unpaired) electrons. The summed E-state index contributed by atoms with van der Waals surface area (Å²) in [5.41, 5.74) is 11.3. The van der Waals surface area contributed by atoms with E-state index in [-0.39, 0.29) is 0 Å². The fourth-order valence-corrected chi connectivity index (χ4v) is 7.85. The monoisotopic (exact) mass is 528 g/mol. The Morgan fingerprint density at radius 1 is 0.525 bits per heavy atom. The van der Waals surface area contributed by atoms with Gasteiger partial charge in [0.05, 0.1) is 0 Å². The van der Waals surface area contributed by atoms with Gasteiger partial charge in [0.15, 0.2) is 0 Å². The lowest BCUT2D eigenvalue weighted by Crippen LogP contribution is -2.12. The molecule has 0 saturated carbocycles. The maximum Gasteiger partial charge on any atom is 0.135 e. The molecule has 188 valence electrons. The van der Waals surface area contributed by atoms with Gasteiger partial charge in [-0.3, -0.25) is 0 Å². The molecule has 8 aromatic rings. The van der Waals surface area contributed by atoms with Crippen molar-refractivity contribution >= 4 is 53.4 Å². The van der Waals surface area contributed by atoms with Crippen LogP contribution < -0.4 is 0 Å². The number of benzene rings is 6. The minimum atomic E-state index is 0.328. The van der Waals surface area contributed by atoms with Crippen LogP contribution in [0.5, 0.6) is 0 Å². The summed E-state index contributed by atoms with van der Waals surface area (Å²) in [6.45, 7) is 0. The van der Waals surface area contributed by atoms with Crippen molar-refractivity contribution in [2.24, 2.45) is 0 Å². The van der Waals surface area contributed by atoms with E-state index in [9.17, 15) is 0 Å². The smallest absolute Gasteiger partial charge is 0.135 e. The molecule has 6 aromatic carbocycles. The third-order valence-electron chi connectivity index (χ3n) is 8.68. The average molecular weight is 529 g/mol. The first-order chi connectivity index (χ1) is 19.8. The molecule has 1 nitrogen and oxygen atoms in total. The lowest BCUT2D eigenvalue weighted by atomic mass is 9.75. The number of fused-ring (bicyclic) bond motifs is 9. The van der Waals surface area contributed by atoms with Crippen molar-refractivity contribution in [2.45, 2.75) is 12.3 Å². The van der Waals surface area contributed by atoms with Crippen LogP contribution in [0.15, 0.2) is 132 Å². The van der Waals surface area contributed by atoms with Crippen LogP contribution in [-0.2, 0) is 6.42 Å². The minimum absolute atomic E-state index is 0.328. The summed E-state index contributed by atoms with van der Waals surface area (Å²) in [4.78, 5) is 0. The predicted octanol–water partition coefficient (Wildman–Crippen LogP) is 11.0. The minimum Gasteiger partial charge on any atom is -0.456 e. The van der Waals surface area contributed by atoms with E-state index < -0.39 is 0 Å². The van der Waals surface area contributed by atoms with Gasteiger partial charge in [0, 0.05) is 36.9 Å². The van der Waals surface area contributed by atoms with Crippen LogP contribution in [0.4, 0.5) is 0 Å². The zero-order valence-corrected chi connectivity index (χ0v) is 22.5. The molecule has 40 heavy (non-hydrogen) atoms. The fourth-order valence-electron chi connectivity index (χ4n) is 6.71. The molecule has 1 unspecified atom stereocenters. The van der Waals surface area contributed by atoms with E-state index in [1.165, 1.54) is 69.9 Å². The summed E-state index contributed by atoms with van der Waals surface area (Å²) in [7, 11) is 0. The Labute approximate surface area is 235 Å². The Kier molecular flexibility index (Phi) is 4.67. The molecule has 2 heterocycles. The lowest BCUT2D eigenvalue weighted by molar-refractivity contribution is 0.669. The predicted molar refractivity (Wildman–Crippen MR) is 169 cm³/mol. The molecule has 0 fully saturated rings. The molecule has 0 bridgehead atoms. The topological polar surface area (TPSA) is 13.1 Å². The third-order valence-corrected chi connectivity index (χ3v) is 9.81. The lowest BCUT2D eigenvalue weighted by Gasteiger charge is -2.28. The second-order valence-electron chi connectivity index (χ2n) is 10.9. The molecule has 0 N–H and O–H groups in total. The van der Waals surface area contributed by atoms with Gasteiger partial charge in [-0.25, -0.2) is 0 Å². The fraction of sp³-hybridized carbons (Fsp3) is 0.0526. The van der Waals surface area contributed by atoms with E-state index in [0.717, 1.165) is 17.6 Å². The Morgan fingerprint density at radius 2 is 1.27 bits per heavy atom. The van der Waals surface area contributed by atoms with E-state index in [4.69, 9.17) is 4.42 Å². The Bertz CT molecular complexity index is 2250. The van der Waals surface area contributed by atoms with Gasteiger partial charge in [-0.1, -0.05) is 91.0 Å². The molecule has 0 saturated heterocycles. The van der Waals surface area contributed by atoms with Crippen LogP contribution in [-0.4, -0.2) is 0 Å². The van der Waals surface area contributed by atoms with Crippen molar-refractivity contribution in [3.8, 4) is 22.3 Å². The van der Waals surface area contributed by atoms with Crippen molar-refractivity contribution < 1.29 is 4.42 Å². The molecule has 2 aromatic heterocycles. The highest BCUT2D eigenvalue weighted by Gasteiger charge is 2.27. The normalized spacial score (nSPS) is 14.7. The highest BCUT2D eigenvalue weighted by molar-refractivity contribution is 7.25. The van der Waals surface area contributed by atoms with Gasteiger partial charge < -0.3 is 4.42 Å². The summed E-state index contributed by atoms with van der Waals surface area (Å²) in [6, 6.07) is 46.7. The molecule has 0 aliphatic heterocycles. The Morgan fingerprint density at radius 3 is 2.20 bits per heavy atom. The first kappa shape index (κ1) is 22.2. The van der Waals surface area contributed by atoms with Crippen molar-refractivity contribution in [2.75, 3.05) is 0 Å². The SMILES string of the molecule is c1ccc2c(c1)CC(c1ccc(-c3ccc4oc5ccccc5c4c3)cc1)c1cc3sc4ccccc4c3cc1-2. The van der Waals surface area contributed by atoms with E-state index in [0.29, 0.717) is 5.92 Å². The summed E-state index contributed by atoms with van der Waals surface area (Å²) < 4.78 is 8.79. The number of thiophene rings is 1. The molecule has 0 amide bonds. The van der Waals surface area contributed by atoms with Crippen LogP contribution >= 0.6 is 11.3 Å². The summed E-state index contributed by atoms with van der Waals surface area (Å²) >= 11 is 1.91. The van der Waals surface area contributed by atoms with Gasteiger partial charge in [0.2, 0.25) is 0 Å². The van der Waals surface area contributed by atoms with Crippen LogP contribution in [0.3, 0.4) is 0 Å². The van der Waals surface area contributed by atoms with Gasteiger partial charge in [0.25, 0.3) is 0 Å². The average Bonchev–Trinajstić information content (AvgIpc) is 3.57. The maximum absolute atomic E-state index is 6.05. The van der Waals surface area contributed by atoms with E-state index >= 15 is 0 Å². The number of para-hydroxylation sites is 1. The van der Waals surface area contributed by atoms with Gasteiger partial charge in [-0.15, -0.1) is 11.3 Å². The van der Waals surface area contributed by atoms with E-state index in [2.05, 4.69) is 115 Å². The van der Waals surface area contributed by atoms with Crippen LogP contribution in [0, 0.1) is 0 Å². The largest absolute Gasteiger partial charge is 0.456 e. The van der Waals surface area contributed by atoms with Gasteiger partial charge >= 0.3 is 0 Å². The van der Waals surface area contributed by atoms with Crippen LogP contribution in [0.2, 0.25) is 0 Å². The van der Waals surface area contributed by atoms with E-state index in [1.807, 2.05) is 23.5 Å². The highest BCUT2D eigenvalue weighted by atomic mass is 32.1. The zero-order valence-electron chi connectivity index (χ0n) is 21.7. The van der Waals surface area contributed by atoms with Gasteiger partial charge in [-0.05, 0) is 81.8 Å². The van der Waals surface area contributed by atoms with Crippen molar-refractivity contribution in [3.05, 3.63) is 144 Å². The highest BCUT2D eigenvalue weighted by Crippen LogP contribution is 2.47. The van der Waals surface area contributed by atoms with Crippen molar-refractivity contribution in [1.82, 2.24) is 0 Å². The molecular formula is C38H24OS. The molecule has 0 spiro atoms. The summed E-state index contributed by atoms with van der Waals surface area (Å²) in [6.07, 6.45) is 1.02. The number of furan rings is 1. The third kappa shape index (κ3) is 3.27. The quantitative estimate of drug-likeness (QED) is 0.217. The maximum atomic E-state index is 6.05. The van der Waals surface area contributed by atoms with Crippen molar-refractivity contribution in [3.63, 3.8) is 0 Å². The standard InChI is InChI=1S/C38H24OS/c1-2-8-27-26(7-1)20-30(32-22-38-34(21-31(27)32)29-10-4-6-12-37(29)40-38)24-15-13-23(14-16-24)25-17-18-36-33(19-25)28-9-3-5-11-35(28)39-36/h1-19,21-22,30H,20H2. The summed E-state index contributed by atoms with van der Waals surface area (Å²) in [5.74, 6) is 0.328. The van der Waals surface area contributed by atoms with E-state index in [1.54, 1.807) is 0 Å². The molecule has 9 rings (SSSR count). The Balaban J connectivity index is 1.16. The molecule has 1 aliphatic carbocycles. The molecule has 2 heteroatoms. The zero-order chi connectivity index (χ0) is 26.2. The first-order valence-electron chi connectivity index (χ1n) is 13.9. The van der Waals surface area contributed by atoms with Crippen LogP contribution in [0.1, 0.15) is 22.6 Å². The number of hydrogen-bond acceptors (Lipinski definition) is 2. The molecule has 1 atom stereocenters. The van der Waals surface area contributed by atoms with Crippen molar-refractivity contribution in [1.29, 1.82) is 0 Å². The Hall–Kier alpha value is -4.66. The number of rotatable bonds is 2. The first-order valence-corrected chi connectivity index (χ1v) is 14.7. The van der Waals surface area contributed by atoms with Gasteiger partial charge in [0.1, 0.15) is 11.2 Å². The molecular weight excluding hydrogens is 504 g/mol. The number of hydrogen-bond donors (Lipinski definition) is 0. The van der Waals surface area contributed by atoms with Gasteiger partial charge in [-0.2, -0.15) is 0 Å². The molecule has 1 aliphatic rings. The second kappa shape index (κ2) is 8.42.